The van der Waals surface area contributed by atoms with Crippen molar-refractivity contribution in [3.63, 3.8) is 0 Å². The molecule has 17 heavy (non-hydrogen) atoms. The van der Waals surface area contributed by atoms with Gasteiger partial charge in [0.1, 0.15) is 5.56 Å². The average molecular weight is 235 g/mol. The number of aryl methyl sites for hydroxylation is 1. The molecule has 1 fully saturated rings. The van der Waals surface area contributed by atoms with E-state index in [2.05, 4.69) is 0 Å². The van der Waals surface area contributed by atoms with Crippen molar-refractivity contribution in [2.24, 2.45) is 0 Å². The maximum absolute atomic E-state index is 11.2. The highest BCUT2D eigenvalue weighted by Gasteiger charge is 2.23. The Labute approximate surface area is 100 Å². The van der Waals surface area contributed by atoms with Gasteiger partial charge in [0.05, 0.1) is 11.8 Å². The second kappa shape index (κ2) is 4.65. The van der Waals surface area contributed by atoms with Crippen molar-refractivity contribution in [2.75, 3.05) is 5.73 Å². The van der Waals surface area contributed by atoms with Crippen molar-refractivity contribution < 1.29 is 14.6 Å². The summed E-state index contributed by atoms with van der Waals surface area (Å²) >= 11 is 0. The quantitative estimate of drug-likeness (QED) is 0.790. The van der Waals surface area contributed by atoms with E-state index >= 15 is 0 Å². The number of rotatable bonds is 3. The van der Waals surface area contributed by atoms with Crippen LogP contribution in [0.5, 0.6) is 5.75 Å². The van der Waals surface area contributed by atoms with Gasteiger partial charge in [-0.25, -0.2) is 4.79 Å². The average Bonchev–Trinajstić information content (AvgIpc) is 2.76. The number of ether oxygens (including phenoxy) is 1. The Morgan fingerprint density at radius 3 is 2.65 bits per heavy atom. The second-order valence-electron chi connectivity index (χ2n) is 4.51. The summed E-state index contributed by atoms with van der Waals surface area (Å²) < 4.78 is 5.77. The molecule has 0 bridgehead atoms. The summed E-state index contributed by atoms with van der Waals surface area (Å²) in [7, 11) is 0. The Hall–Kier alpha value is -1.71. The minimum Gasteiger partial charge on any atom is -0.487 e. The summed E-state index contributed by atoms with van der Waals surface area (Å²) in [6, 6.07) is 3.41. The van der Waals surface area contributed by atoms with Gasteiger partial charge < -0.3 is 15.6 Å². The predicted molar refractivity (Wildman–Crippen MR) is 65.4 cm³/mol. The van der Waals surface area contributed by atoms with Gasteiger partial charge in [0.25, 0.3) is 0 Å². The lowest BCUT2D eigenvalue weighted by atomic mass is 10.1. The van der Waals surface area contributed by atoms with Crippen LogP contribution < -0.4 is 10.5 Å². The number of benzene rings is 1. The smallest absolute Gasteiger partial charge is 0.339 e. The van der Waals surface area contributed by atoms with Crippen molar-refractivity contribution >= 4 is 11.7 Å². The Bertz CT molecular complexity index is 437. The summed E-state index contributed by atoms with van der Waals surface area (Å²) in [5.41, 5.74) is 7.09. The Kier molecular flexibility index (Phi) is 3.22. The van der Waals surface area contributed by atoms with Gasteiger partial charge in [-0.2, -0.15) is 0 Å². The second-order valence-corrected chi connectivity index (χ2v) is 4.51. The highest BCUT2D eigenvalue weighted by atomic mass is 16.5. The minimum absolute atomic E-state index is 0.109. The molecule has 1 aromatic carbocycles. The van der Waals surface area contributed by atoms with E-state index in [-0.39, 0.29) is 11.7 Å². The fraction of sp³-hybridized carbons (Fsp3) is 0.462. The van der Waals surface area contributed by atoms with Gasteiger partial charge in [0.15, 0.2) is 5.75 Å². The molecule has 0 aliphatic heterocycles. The molecule has 2 rings (SSSR count). The summed E-state index contributed by atoms with van der Waals surface area (Å²) in [6.45, 7) is 1.75. The lowest BCUT2D eigenvalue weighted by Gasteiger charge is -2.18. The van der Waals surface area contributed by atoms with Crippen LogP contribution in [0.2, 0.25) is 0 Å². The highest BCUT2D eigenvalue weighted by Crippen LogP contribution is 2.33. The summed E-state index contributed by atoms with van der Waals surface area (Å²) in [4.78, 5) is 11.2. The summed E-state index contributed by atoms with van der Waals surface area (Å²) in [5, 5.41) is 9.21. The van der Waals surface area contributed by atoms with Crippen LogP contribution in [-0.4, -0.2) is 17.2 Å². The molecule has 92 valence electrons. The first-order chi connectivity index (χ1) is 8.09. The van der Waals surface area contributed by atoms with E-state index in [1.54, 1.807) is 19.1 Å². The van der Waals surface area contributed by atoms with Gasteiger partial charge in [-0.3, -0.25) is 0 Å². The molecule has 4 nitrogen and oxygen atoms in total. The van der Waals surface area contributed by atoms with Gasteiger partial charge in [-0.05, 0) is 44.2 Å². The van der Waals surface area contributed by atoms with Crippen LogP contribution in [0.3, 0.4) is 0 Å². The molecule has 0 amide bonds. The summed E-state index contributed by atoms with van der Waals surface area (Å²) in [6.07, 6.45) is 4.34. The van der Waals surface area contributed by atoms with Crippen LogP contribution in [-0.2, 0) is 0 Å². The van der Waals surface area contributed by atoms with Crippen molar-refractivity contribution in [3.8, 4) is 5.75 Å². The highest BCUT2D eigenvalue weighted by molar-refractivity contribution is 5.94. The Morgan fingerprint density at radius 2 is 2.06 bits per heavy atom. The molecular weight excluding hydrogens is 218 g/mol. The molecule has 0 aromatic heterocycles. The molecule has 1 aromatic rings. The minimum atomic E-state index is -0.984. The molecule has 0 atom stereocenters. The number of carboxylic acids is 1. The van der Waals surface area contributed by atoms with Crippen LogP contribution in [0.25, 0.3) is 0 Å². The molecule has 1 aliphatic rings. The number of carboxylic acid groups (broad SMARTS) is 1. The third-order valence-electron chi connectivity index (χ3n) is 3.20. The predicted octanol–water partition coefficient (Wildman–Crippen LogP) is 2.60. The molecule has 1 saturated carbocycles. The van der Waals surface area contributed by atoms with E-state index in [1.807, 2.05) is 0 Å². The number of hydrogen-bond acceptors (Lipinski definition) is 3. The van der Waals surface area contributed by atoms with Crippen LogP contribution >= 0.6 is 0 Å². The van der Waals surface area contributed by atoms with Gasteiger partial charge in [-0.15, -0.1) is 0 Å². The Morgan fingerprint density at radius 1 is 1.41 bits per heavy atom. The standard InChI is InChI=1S/C13H17NO3/c1-8-6-7-10(14)12(11(8)13(15)16)17-9-4-2-3-5-9/h6-7,9H,2-5,14H2,1H3,(H,15,16). The van der Waals surface area contributed by atoms with Gasteiger partial charge in [0, 0.05) is 0 Å². The van der Waals surface area contributed by atoms with E-state index in [0.717, 1.165) is 25.7 Å². The van der Waals surface area contributed by atoms with Crippen LogP contribution in [0.15, 0.2) is 12.1 Å². The molecule has 1 aliphatic carbocycles. The van der Waals surface area contributed by atoms with Crippen molar-refractivity contribution in [3.05, 3.63) is 23.3 Å². The zero-order chi connectivity index (χ0) is 12.4. The van der Waals surface area contributed by atoms with Crippen LogP contribution in [0.1, 0.15) is 41.6 Å². The molecule has 0 spiro atoms. The third-order valence-corrected chi connectivity index (χ3v) is 3.20. The fourth-order valence-electron chi connectivity index (χ4n) is 2.26. The lowest BCUT2D eigenvalue weighted by Crippen LogP contribution is -2.15. The molecule has 0 heterocycles. The van der Waals surface area contributed by atoms with E-state index in [1.165, 1.54) is 0 Å². The molecular formula is C13H17NO3. The maximum atomic E-state index is 11.2. The number of hydrogen-bond donors (Lipinski definition) is 2. The molecule has 3 N–H and O–H groups in total. The Balaban J connectivity index is 2.36. The van der Waals surface area contributed by atoms with Crippen LogP contribution in [0, 0.1) is 6.92 Å². The SMILES string of the molecule is Cc1ccc(N)c(OC2CCCC2)c1C(=O)O. The number of nitrogen functional groups attached to an aromatic ring is 1. The maximum Gasteiger partial charge on any atom is 0.339 e. The fourth-order valence-corrected chi connectivity index (χ4v) is 2.26. The molecule has 4 heteroatoms. The van der Waals surface area contributed by atoms with E-state index in [4.69, 9.17) is 10.5 Å². The van der Waals surface area contributed by atoms with Crippen molar-refractivity contribution in [1.82, 2.24) is 0 Å². The number of carbonyl (C=O) groups is 1. The first-order valence-electron chi connectivity index (χ1n) is 5.88. The van der Waals surface area contributed by atoms with Crippen molar-refractivity contribution in [1.29, 1.82) is 0 Å². The number of anilines is 1. The van der Waals surface area contributed by atoms with Gasteiger partial charge >= 0.3 is 5.97 Å². The third kappa shape index (κ3) is 2.35. The van der Waals surface area contributed by atoms with Crippen LogP contribution in [0.4, 0.5) is 5.69 Å². The largest absolute Gasteiger partial charge is 0.487 e. The monoisotopic (exact) mass is 235 g/mol. The van der Waals surface area contributed by atoms with E-state index < -0.39 is 5.97 Å². The number of aromatic carboxylic acids is 1. The zero-order valence-corrected chi connectivity index (χ0v) is 9.90. The lowest BCUT2D eigenvalue weighted by molar-refractivity contribution is 0.0688. The normalized spacial score (nSPS) is 16.1. The number of nitrogens with two attached hydrogens (primary N) is 1. The van der Waals surface area contributed by atoms with Crippen molar-refractivity contribution in [2.45, 2.75) is 38.7 Å². The molecule has 0 unspecified atom stereocenters. The first-order valence-corrected chi connectivity index (χ1v) is 5.88. The topological polar surface area (TPSA) is 72.5 Å². The molecule has 0 radical (unpaired) electrons. The molecule has 0 saturated heterocycles. The van der Waals surface area contributed by atoms with Gasteiger partial charge in [-0.1, -0.05) is 6.07 Å². The van der Waals surface area contributed by atoms with E-state index in [0.29, 0.717) is 17.0 Å². The first kappa shape index (κ1) is 11.8. The summed E-state index contributed by atoms with van der Waals surface area (Å²) in [5.74, 6) is -0.646. The van der Waals surface area contributed by atoms with E-state index in [9.17, 15) is 9.90 Å². The van der Waals surface area contributed by atoms with Gasteiger partial charge in [0.2, 0.25) is 0 Å². The zero-order valence-electron chi connectivity index (χ0n) is 9.90.